The highest BCUT2D eigenvalue weighted by Gasteiger charge is 2.29. The van der Waals surface area contributed by atoms with Crippen LogP contribution in [0.4, 0.5) is 5.69 Å². The predicted molar refractivity (Wildman–Crippen MR) is 122 cm³/mol. The van der Waals surface area contributed by atoms with Gasteiger partial charge in [-0.2, -0.15) is 4.31 Å². The molecule has 1 N–H and O–H groups in total. The third-order valence-electron chi connectivity index (χ3n) is 5.43. The van der Waals surface area contributed by atoms with E-state index in [2.05, 4.69) is 5.32 Å². The molecule has 0 radical (unpaired) electrons. The van der Waals surface area contributed by atoms with E-state index in [1.54, 1.807) is 6.08 Å². The van der Waals surface area contributed by atoms with Crippen LogP contribution in [0.3, 0.4) is 0 Å². The molecule has 30 heavy (non-hydrogen) atoms. The zero-order valence-electron chi connectivity index (χ0n) is 17.7. The van der Waals surface area contributed by atoms with Crippen LogP contribution in [0.1, 0.15) is 23.6 Å². The van der Waals surface area contributed by atoms with Gasteiger partial charge in [-0.3, -0.25) is 9.69 Å². The van der Waals surface area contributed by atoms with Crippen molar-refractivity contribution in [3.05, 3.63) is 70.6 Å². The van der Waals surface area contributed by atoms with Gasteiger partial charge in [-0.15, -0.1) is 0 Å². The Bertz CT molecular complexity index is 1010. The van der Waals surface area contributed by atoms with Crippen LogP contribution in [0.2, 0.25) is 0 Å². The van der Waals surface area contributed by atoms with Crippen molar-refractivity contribution in [2.24, 2.45) is 0 Å². The Balaban J connectivity index is 1.56. The fourth-order valence-electron chi connectivity index (χ4n) is 3.52. The Morgan fingerprint density at radius 1 is 1.03 bits per heavy atom. The molecule has 0 bridgehead atoms. The van der Waals surface area contributed by atoms with E-state index in [-0.39, 0.29) is 11.9 Å². The lowest BCUT2D eigenvalue weighted by Gasteiger charge is -2.36. The van der Waals surface area contributed by atoms with E-state index >= 15 is 0 Å². The first-order valence-electron chi connectivity index (χ1n) is 10.1. The number of rotatable bonds is 6. The molecule has 1 aliphatic rings. The summed E-state index contributed by atoms with van der Waals surface area (Å²) in [4.78, 5) is 14.7. The Hall–Kier alpha value is -2.48. The summed E-state index contributed by atoms with van der Waals surface area (Å²) in [7, 11) is -3.48. The molecule has 0 aromatic heterocycles. The third-order valence-corrected chi connectivity index (χ3v) is 7.00. The lowest BCUT2D eigenvalue weighted by Crippen LogP contribution is -2.53. The fourth-order valence-corrected chi connectivity index (χ4v) is 4.69. The van der Waals surface area contributed by atoms with Crippen molar-refractivity contribution < 1.29 is 13.2 Å². The molecule has 1 heterocycles. The van der Waals surface area contributed by atoms with Crippen molar-refractivity contribution in [2.75, 3.05) is 31.5 Å². The molecule has 1 aliphatic heterocycles. The van der Waals surface area contributed by atoms with Gasteiger partial charge >= 0.3 is 0 Å². The number of nitrogens with one attached hydrogen (secondary N) is 1. The summed E-state index contributed by atoms with van der Waals surface area (Å²) in [6.45, 7) is 7.60. The van der Waals surface area contributed by atoms with Gasteiger partial charge in [0.1, 0.15) is 0 Å². The van der Waals surface area contributed by atoms with Gasteiger partial charge < -0.3 is 5.32 Å². The van der Waals surface area contributed by atoms with Crippen LogP contribution in [-0.2, 0) is 14.8 Å². The molecule has 2 aromatic carbocycles. The molecular formula is C23H29N3O3S. The molecular weight excluding hydrogens is 398 g/mol. The fraction of sp³-hybridized carbons (Fsp3) is 0.348. The van der Waals surface area contributed by atoms with E-state index in [9.17, 15) is 13.2 Å². The van der Waals surface area contributed by atoms with Gasteiger partial charge in [0.2, 0.25) is 15.9 Å². The van der Waals surface area contributed by atoms with Gasteiger partial charge in [0, 0.05) is 37.3 Å². The topological polar surface area (TPSA) is 69.7 Å². The summed E-state index contributed by atoms with van der Waals surface area (Å²) in [5.74, 6) is -0.0813. The number of hydrogen-bond donors (Lipinski definition) is 1. The monoisotopic (exact) mass is 427 g/mol. The summed E-state index contributed by atoms with van der Waals surface area (Å²) >= 11 is 0. The van der Waals surface area contributed by atoms with Crippen LogP contribution in [0.15, 0.2) is 53.9 Å². The number of benzene rings is 2. The highest BCUT2D eigenvalue weighted by Crippen LogP contribution is 2.18. The Labute approximate surface area is 179 Å². The molecule has 1 atom stereocenters. The SMILES string of the molecule is Cc1ccc(NC(=O)[C@H](C)N2CCN(S(=O)(=O)/C=C/c3ccccc3)CC2)c(C)c1. The van der Waals surface area contributed by atoms with Crippen molar-refractivity contribution in [1.29, 1.82) is 0 Å². The lowest BCUT2D eigenvalue weighted by molar-refractivity contribution is -0.121. The number of piperazine rings is 1. The molecule has 3 rings (SSSR count). The standard InChI is InChI=1S/C23H29N3O3S/c1-18-9-10-22(19(2)17-18)24-23(27)20(3)25-12-14-26(15-13-25)30(28,29)16-11-21-7-5-4-6-8-21/h4-11,16-17,20H,12-15H2,1-3H3,(H,24,27)/b16-11+/t20-/m0/s1. The first-order chi connectivity index (χ1) is 14.3. The minimum atomic E-state index is -3.48. The average molecular weight is 428 g/mol. The van der Waals surface area contributed by atoms with Gasteiger partial charge in [-0.1, -0.05) is 48.0 Å². The lowest BCUT2D eigenvalue weighted by atomic mass is 10.1. The molecule has 2 aromatic rings. The number of amides is 1. The second kappa shape index (κ2) is 9.55. The maximum absolute atomic E-state index is 12.7. The summed E-state index contributed by atoms with van der Waals surface area (Å²) in [6, 6.07) is 14.9. The summed E-state index contributed by atoms with van der Waals surface area (Å²) < 4.78 is 26.7. The molecule has 0 unspecified atom stereocenters. The molecule has 0 spiro atoms. The highest BCUT2D eigenvalue weighted by atomic mass is 32.2. The molecule has 1 amide bonds. The second-order valence-electron chi connectivity index (χ2n) is 7.68. The minimum absolute atomic E-state index is 0.0813. The minimum Gasteiger partial charge on any atom is -0.324 e. The molecule has 6 nitrogen and oxygen atoms in total. The zero-order valence-corrected chi connectivity index (χ0v) is 18.5. The first kappa shape index (κ1) is 22.2. The van der Waals surface area contributed by atoms with Crippen LogP contribution in [0, 0.1) is 13.8 Å². The average Bonchev–Trinajstić information content (AvgIpc) is 2.74. The van der Waals surface area contributed by atoms with Crippen LogP contribution >= 0.6 is 0 Å². The number of hydrogen-bond acceptors (Lipinski definition) is 4. The highest BCUT2D eigenvalue weighted by molar-refractivity contribution is 7.92. The van der Waals surface area contributed by atoms with Gasteiger partial charge in [-0.25, -0.2) is 8.42 Å². The van der Waals surface area contributed by atoms with Crippen molar-refractivity contribution in [2.45, 2.75) is 26.8 Å². The quantitative estimate of drug-likeness (QED) is 0.768. The number of carbonyl (C=O) groups is 1. The summed E-state index contributed by atoms with van der Waals surface area (Å²) in [6.07, 6.45) is 1.61. The number of sulfonamides is 1. The Kier molecular flexibility index (Phi) is 7.07. The van der Waals surface area contributed by atoms with Crippen molar-refractivity contribution in [1.82, 2.24) is 9.21 Å². The third kappa shape index (κ3) is 5.56. The van der Waals surface area contributed by atoms with Crippen molar-refractivity contribution in [3.8, 4) is 0 Å². The Morgan fingerprint density at radius 2 is 1.70 bits per heavy atom. The van der Waals surface area contributed by atoms with Crippen molar-refractivity contribution in [3.63, 3.8) is 0 Å². The second-order valence-corrected chi connectivity index (χ2v) is 9.50. The van der Waals surface area contributed by atoms with Crippen molar-refractivity contribution >= 4 is 27.7 Å². The van der Waals surface area contributed by atoms with Crippen LogP contribution in [-0.4, -0.2) is 55.8 Å². The van der Waals surface area contributed by atoms with E-state index in [1.807, 2.05) is 74.2 Å². The first-order valence-corrected chi connectivity index (χ1v) is 11.6. The smallest absolute Gasteiger partial charge is 0.241 e. The molecule has 0 aliphatic carbocycles. The number of aryl methyl sites for hydroxylation is 2. The van der Waals surface area contributed by atoms with E-state index < -0.39 is 10.0 Å². The van der Waals surface area contributed by atoms with Gasteiger partial charge in [0.15, 0.2) is 0 Å². The number of nitrogens with zero attached hydrogens (tertiary/aromatic N) is 2. The van der Waals surface area contributed by atoms with Gasteiger partial charge in [0.05, 0.1) is 6.04 Å². The van der Waals surface area contributed by atoms with Crippen LogP contribution < -0.4 is 5.32 Å². The molecule has 0 saturated carbocycles. The zero-order chi connectivity index (χ0) is 21.7. The molecule has 7 heteroatoms. The van der Waals surface area contributed by atoms with Gasteiger partial charge in [0.25, 0.3) is 0 Å². The van der Waals surface area contributed by atoms with E-state index in [0.717, 1.165) is 22.4 Å². The summed E-state index contributed by atoms with van der Waals surface area (Å²) in [5.41, 5.74) is 3.83. The van der Waals surface area contributed by atoms with Gasteiger partial charge in [-0.05, 0) is 44.0 Å². The number of carbonyl (C=O) groups excluding carboxylic acids is 1. The summed E-state index contributed by atoms with van der Waals surface area (Å²) in [5, 5.41) is 4.25. The van der Waals surface area contributed by atoms with E-state index in [1.165, 1.54) is 9.71 Å². The normalized spacial score (nSPS) is 17.2. The van der Waals surface area contributed by atoms with E-state index in [0.29, 0.717) is 26.2 Å². The molecule has 1 saturated heterocycles. The maximum atomic E-state index is 12.7. The predicted octanol–water partition coefficient (Wildman–Crippen LogP) is 3.25. The van der Waals surface area contributed by atoms with E-state index in [4.69, 9.17) is 0 Å². The Morgan fingerprint density at radius 3 is 2.33 bits per heavy atom. The molecule has 1 fully saturated rings. The maximum Gasteiger partial charge on any atom is 0.241 e. The van der Waals surface area contributed by atoms with Crippen LogP contribution in [0.25, 0.3) is 6.08 Å². The van der Waals surface area contributed by atoms with Crippen LogP contribution in [0.5, 0.6) is 0 Å². The number of anilines is 1. The molecule has 160 valence electrons. The largest absolute Gasteiger partial charge is 0.324 e.